The molecule has 2 aliphatic heterocycles. The Morgan fingerprint density at radius 3 is 2.15 bits per heavy atom. The molecular weight excluding hydrogens is 480 g/mol. The molecule has 0 bridgehead atoms. The smallest absolute Gasteiger partial charge is 0.271 e. The lowest BCUT2D eigenvalue weighted by Crippen LogP contribution is -2.29. The van der Waals surface area contributed by atoms with E-state index in [1.54, 1.807) is 0 Å². The third-order valence-electron chi connectivity index (χ3n) is 5.16. The largest absolute Gasteiger partial charge is 0.437 e. The summed E-state index contributed by atoms with van der Waals surface area (Å²) in [5.41, 5.74) is 2.38. The molecule has 2 heterocycles. The van der Waals surface area contributed by atoms with Gasteiger partial charge in [-0.1, -0.05) is 72.9 Å². The fraction of sp³-hybridized carbons (Fsp3) is 0.217. The average Bonchev–Trinajstić information content (AvgIpc) is 3.30. The van der Waals surface area contributed by atoms with Crippen molar-refractivity contribution < 1.29 is 22.5 Å². The van der Waals surface area contributed by atoms with Crippen molar-refractivity contribution in [1.82, 2.24) is 9.80 Å². The van der Waals surface area contributed by atoms with Crippen LogP contribution in [0.3, 0.4) is 0 Å². The number of thioether (sulfide) groups is 1. The van der Waals surface area contributed by atoms with Gasteiger partial charge in [-0.3, -0.25) is 14.2 Å². The molecule has 0 aliphatic carbocycles. The maximum Gasteiger partial charge on any atom is 0.271 e. The number of thiocarbonyl (C=S) groups is 1. The molecule has 2 aliphatic rings. The summed E-state index contributed by atoms with van der Waals surface area (Å²) >= 11 is 6.55. The van der Waals surface area contributed by atoms with Crippen molar-refractivity contribution in [2.45, 2.75) is 13.3 Å². The van der Waals surface area contributed by atoms with E-state index in [-0.39, 0.29) is 18.9 Å². The van der Waals surface area contributed by atoms with Gasteiger partial charge in [0.2, 0.25) is 5.88 Å². The van der Waals surface area contributed by atoms with E-state index in [1.165, 1.54) is 16.7 Å². The highest BCUT2D eigenvalue weighted by Gasteiger charge is 2.41. The van der Waals surface area contributed by atoms with Crippen LogP contribution in [0.4, 0.5) is 0 Å². The van der Waals surface area contributed by atoms with Crippen LogP contribution < -0.4 is 0 Å². The molecule has 172 valence electrons. The molecule has 0 aromatic heterocycles. The number of hydrogen-bond acceptors (Lipinski definition) is 7. The summed E-state index contributed by atoms with van der Waals surface area (Å²) in [5, 5.41) is 0. The summed E-state index contributed by atoms with van der Waals surface area (Å²) in [6.07, 6.45) is 0.137. The van der Waals surface area contributed by atoms with Gasteiger partial charge in [-0.25, -0.2) is 0 Å². The third kappa shape index (κ3) is 4.98. The van der Waals surface area contributed by atoms with Crippen molar-refractivity contribution in [3.05, 3.63) is 82.6 Å². The number of carbonyl (C=O) groups is 1. The Kier molecular flexibility index (Phi) is 6.89. The second-order valence-electron chi connectivity index (χ2n) is 7.35. The molecular formula is C23H22N2O5S3. The lowest BCUT2D eigenvalue weighted by molar-refractivity contribution is -0.122. The number of carbonyl (C=O) groups excluding carboxylic acids is 1. The zero-order valence-corrected chi connectivity index (χ0v) is 20.3. The SMILES string of the molecule is CCN1C(=O)/C(=C2/OC(c3ccccc3)=C(c3ccccc3)N2CCCS(=O)(=O)O)SC1=S. The first kappa shape index (κ1) is 23.5. The lowest BCUT2D eigenvalue weighted by atomic mass is 10.1. The molecule has 1 saturated heterocycles. The van der Waals surface area contributed by atoms with Crippen LogP contribution in [0.5, 0.6) is 0 Å². The minimum Gasteiger partial charge on any atom is -0.437 e. The number of amides is 1. The molecule has 33 heavy (non-hydrogen) atoms. The van der Waals surface area contributed by atoms with Crippen molar-refractivity contribution in [2.24, 2.45) is 0 Å². The number of rotatable bonds is 7. The monoisotopic (exact) mass is 502 g/mol. The van der Waals surface area contributed by atoms with Crippen molar-refractivity contribution in [3.63, 3.8) is 0 Å². The Bertz CT molecular complexity index is 1240. The number of nitrogens with zero attached hydrogens (tertiary/aromatic N) is 2. The Hall–Kier alpha value is -2.66. The third-order valence-corrected chi connectivity index (χ3v) is 7.38. The maximum atomic E-state index is 13.1. The summed E-state index contributed by atoms with van der Waals surface area (Å²) in [4.78, 5) is 16.8. The highest BCUT2D eigenvalue weighted by Crippen LogP contribution is 2.45. The predicted octanol–water partition coefficient (Wildman–Crippen LogP) is 4.17. The van der Waals surface area contributed by atoms with E-state index in [2.05, 4.69) is 0 Å². The maximum absolute atomic E-state index is 13.1. The molecule has 0 spiro atoms. The second kappa shape index (κ2) is 9.68. The van der Waals surface area contributed by atoms with Gasteiger partial charge in [0.1, 0.15) is 9.23 Å². The fourth-order valence-electron chi connectivity index (χ4n) is 3.68. The highest BCUT2D eigenvalue weighted by molar-refractivity contribution is 8.26. The van der Waals surface area contributed by atoms with Crippen LogP contribution in [-0.2, 0) is 19.6 Å². The van der Waals surface area contributed by atoms with Gasteiger partial charge >= 0.3 is 0 Å². The molecule has 2 aromatic rings. The summed E-state index contributed by atoms with van der Waals surface area (Å²) in [6.45, 7) is 2.50. The van der Waals surface area contributed by atoms with Crippen LogP contribution in [0, 0.1) is 0 Å². The van der Waals surface area contributed by atoms with E-state index in [9.17, 15) is 17.8 Å². The quantitative estimate of drug-likeness (QED) is 0.343. The van der Waals surface area contributed by atoms with Crippen molar-refractivity contribution in [3.8, 4) is 0 Å². The molecule has 1 fully saturated rings. The van der Waals surface area contributed by atoms with Crippen molar-refractivity contribution >= 4 is 55.8 Å². The molecule has 10 heteroatoms. The van der Waals surface area contributed by atoms with Crippen LogP contribution in [0.25, 0.3) is 11.5 Å². The fourth-order valence-corrected chi connectivity index (χ4v) is 5.57. The van der Waals surface area contributed by atoms with E-state index >= 15 is 0 Å². The van der Waals surface area contributed by atoms with Crippen LogP contribution in [0.15, 0.2) is 71.5 Å². The molecule has 0 unspecified atom stereocenters. The van der Waals surface area contributed by atoms with E-state index in [0.717, 1.165) is 11.1 Å². The Morgan fingerprint density at radius 1 is 1.00 bits per heavy atom. The molecule has 0 atom stereocenters. The van der Waals surface area contributed by atoms with Crippen LogP contribution in [-0.4, -0.2) is 51.8 Å². The summed E-state index contributed by atoms with van der Waals surface area (Å²) in [7, 11) is -4.13. The standard InChI is InChI=1S/C23H22N2O5S3/c1-2-24-21(26)20(32-23(24)31)22-25(14-9-15-33(27,28)29)18(16-10-5-3-6-11-16)19(30-22)17-12-7-4-8-13-17/h3-8,10-13H,2,9,14-15H2,1H3,(H,27,28,29)/b22-20-. The van der Waals surface area contributed by atoms with Crippen LogP contribution in [0.2, 0.25) is 0 Å². The minimum absolute atomic E-state index is 0.137. The molecule has 7 nitrogen and oxygen atoms in total. The minimum atomic E-state index is -4.13. The first-order valence-electron chi connectivity index (χ1n) is 10.3. The van der Waals surface area contributed by atoms with Gasteiger partial charge in [0, 0.05) is 24.2 Å². The summed E-state index contributed by atoms with van der Waals surface area (Å²) in [6, 6.07) is 19.1. The average molecular weight is 503 g/mol. The number of likely N-dealkylation sites (N-methyl/N-ethyl adjacent to an activating group) is 1. The number of ether oxygens (including phenoxy) is 1. The van der Waals surface area contributed by atoms with Gasteiger partial charge in [0.05, 0.1) is 11.4 Å². The van der Waals surface area contributed by atoms with Gasteiger partial charge in [0.15, 0.2) is 5.76 Å². The molecule has 1 amide bonds. The summed E-state index contributed by atoms with van der Waals surface area (Å²) < 4.78 is 38.8. The Balaban J connectivity index is 1.86. The molecule has 0 saturated carbocycles. The number of benzene rings is 2. The van der Waals surface area contributed by atoms with E-state index in [0.29, 0.717) is 33.1 Å². The normalized spacial score (nSPS) is 19.0. The van der Waals surface area contributed by atoms with Crippen LogP contribution >= 0.6 is 24.0 Å². The number of hydrogen-bond donors (Lipinski definition) is 1. The van der Waals surface area contributed by atoms with Crippen molar-refractivity contribution in [1.29, 1.82) is 0 Å². The zero-order valence-electron chi connectivity index (χ0n) is 17.8. The van der Waals surface area contributed by atoms with E-state index in [1.807, 2.05) is 72.5 Å². The van der Waals surface area contributed by atoms with Gasteiger partial charge in [-0.15, -0.1) is 0 Å². The Labute approximate surface area is 202 Å². The van der Waals surface area contributed by atoms with Gasteiger partial charge in [-0.05, 0) is 25.1 Å². The zero-order chi connectivity index (χ0) is 23.6. The lowest BCUT2D eigenvalue weighted by Gasteiger charge is -2.22. The Morgan fingerprint density at radius 2 is 1.61 bits per heavy atom. The molecule has 1 N–H and O–H groups in total. The van der Waals surface area contributed by atoms with Crippen LogP contribution in [0.1, 0.15) is 24.5 Å². The van der Waals surface area contributed by atoms with E-state index < -0.39 is 15.9 Å². The van der Waals surface area contributed by atoms with Gasteiger partial charge < -0.3 is 9.64 Å². The van der Waals surface area contributed by atoms with Gasteiger partial charge in [-0.2, -0.15) is 8.42 Å². The molecule has 4 rings (SSSR count). The predicted molar refractivity (Wildman–Crippen MR) is 133 cm³/mol. The second-order valence-corrected chi connectivity index (χ2v) is 10.6. The highest BCUT2D eigenvalue weighted by atomic mass is 32.2. The molecule has 0 radical (unpaired) electrons. The van der Waals surface area contributed by atoms with E-state index in [4.69, 9.17) is 17.0 Å². The first-order valence-corrected chi connectivity index (χ1v) is 13.2. The topological polar surface area (TPSA) is 87.2 Å². The summed E-state index contributed by atoms with van der Waals surface area (Å²) in [5.74, 6) is 0.223. The first-order chi connectivity index (χ1) is 15.8. The molecule has 2 aromatic carbocycles. The van der Waals surface area contributed by atoms with Gasteiger partial charge in [0.25, 0.3) is 16.0 Å². The van der Waals surface area contributed by atoms with Crippen molar-refractivity contribution in [2.75, 3.05) is 18.8 Å².